The third-order valence-electron chi connectivity index (χ3n) is 4.20. The van der Waals surface area contributed by atoms with Crippen molar-refractivity contribution in [2.45, 2.75) is 77.4 Å². The zero-order valence-electron chi connectivity index (χ0n) is 11.3. The fourth-order valence-corrected chi connectivity index (χ4v) is 3.49. The second kappa shape index (κ2) is 4.51. The molecule has 2 aliphatic rings. The Labute approximate surface area is 104 Å². The van der Waals surface area contributed by atoms with Gasteiger partial charge >= 0.3 is 6.09 Å². The Kier molecular flexibility index (Phi) is 3.37. The smallest absolute Gasteiger partial charge is 0.407 e. The highest BCUT2D eigenvalue weighted by molar-refractivity contribution is 5.68. The first-order valence-electron chi connectivity index (χ1n) is 6.91. The first-order chi connectivity index (χ1) is 7.91. The molecule has 17 heavy (non-hydrogen) atoms. The lowest BCUT2D eigenvalue weighted by molar-refractivity contribution is 0.0461. The largest absolute Gasteiger partial charge is 0.444 e. The summed E-state index contributed by atoms with van der Waals surface area (Å²) in [6.07, 6.45) is 8.64. The minimum atomic E-state index is -0.397. The van der Waals surface area contributed by atoms with Gasteiger partial charge in [-0.2, -0.15) is 0 Å². The Balaban J connectivity index is 1.92. The van der Waals surface area contributed by atoms with E-state index in [1.807, 2.05) is 20.8 Å². The van der Waals surface area contributed by atoms with Crippen molar-refractivity contribution in [1.29, 1.82) is 0 Å². The Morgan fingerprint density at radius 2 is 1.76 bits per heavy atom. The predicted molar refractivity (Wildman–Crippen MR) is 67.9 cm³/mol. The van der Waals surface area contributed by atoms with Crippen molar-refractivity contribution in [1.82, 2.24) is 5.32 Å². The van der Waals surface area contributed by atoms with Crippen molar-refractivity contribution in [3.05, 3.63) is 0 Å². The average Bonchev–Trinajstić information content (AvgIpc) is 2.76. The lowest BCUT2D eigenvalue weighted by Gasteiger charge is -2.32. The molecule has 0 aliphatic heterocycles. The SMILES string of the molecule is CC(C)(C)OC(=O)NC1CCCC12CCCC2. The van der Waals surface area contributed by atoms with E-state index in [1.54, 1.807) is 0 Å². The van der Waals surface area contributed by atoms with Gasteiger partial charge in [0.25, 0.3) is 0 Å². The van der Waals surface area contributed by atoms with Crippen LogP contribution in [0.2, 0.25) is 0 Å². The lowest BCUT2D eigenvalue weighted by atomic mass is 9.81. The molecule has 2 fully saturated rings. The van der Waals surface area contributed by atoms with Gasteiger partial charge in [0.2, 0.25) is 0 Å². The zero-order chi connectivity index (χ0) is 12.5. The number of alkyl carbamates (subject to hydrolysis) is 1. The molecular weight excluding hydrogens is 214 g/mol. The van der Waals surface area contributed by atoms with Crippen molar-refractivity contribution in [2.75, 3.05) is 0 Å². The highest BCUT2D eigenvalue weighted by Gasteiger charge is 2.45. The predicted octanol–water partition coefficient (Wildman–Crippen LogP) is 3.62. The first-order valence-corrected chi connectivity index (χ1v) is 6.91. The van der Waals surface area contributed by atoms with Crippen molar-refractivity contribution in [2.24, 2.45) is 5.41 Å². The summed E-state index contributed by atoms with van der Waals surface area (Å²) < 4.78 is 5.35. The molecule has 1 amide bonds. The van der Waals surface area contributed by atoms with Gasteiger partial charge < -0.3 is 10.1 Å². The van der Waals surface area contributed by atoms with Crippen LogP contribution in [-0.2, 0) is 4.74 Å². The maximum Gasteiger partial charge on any atom is 0.407 e. The molecule has 0 bridgehead atoms. The summed E-state index contributed by atoms with van der Waals surface area (Å²) in [7, 11) is 0. The number of amides is 1. The van der Waals surface area contributed by atoms with Crippen LogP contribution < -0.4 is 5.32 Å². The van der Waals surface area contributed by atoms with Crippen LogP contribution in [0.1, 0.15) is 65.7 Å². The van der Waals surface area contributed by atoms with Crippen LogP contribution in [0, 0.1) is 5.41 Å². The van der Waals surface area contributed by atoms with Gasteiger partial charge in [-0.25, -0.2) is 4.79 Å². The molecule has 2 saturated carbocycles. The third-order valence-corrected chi connectivity index (χ3v) is 4.20. The number of rotatable bonds is 1. The van der Waals surface area contributed by atoms with Crippen molar-refractivity contribution < 1.29 is 9.53 Å². The summed E-state index contributed by atoms with van der Waals surface area (Å²) in [4.78, 5) is 11.8. The van der Waals surface area contributed by atoms with E-state index in [0.29, 0.717) is 11.5 Å². The normalized spacial score (nSPS) is 27.4. The molecule has 3 heteroatoms. The van der Waals surface area contributed by atoms with Crippen LogP contribution in [0.25, 0.3) is 0 Å². The molecule has 1 N–H and O–H groups in total. The fourth-order valence-electron chi connectivity index (χ4n) is 3.49. The molecule has 1 atom stereocenters. The first kappa shape index (κ1) is 12.7. The van der Waals surface area contributed by atoms with Crippen LogP contribution >= 0.6 is 0 Å². The van der Waals surface area contributed by atoms with Crippen LogP contribution in [0.4, 0.5) is 4.79 Å². The molecule has 0 aromatic heterocycles. The molecule has 0 saturated heterocycles. The zero-order valence-corrected chi connectivity index (χ0v) is 11.3. The maximum atomic E-state index is 11.8. The van der Waals surface area contributed by atoms with Gasteiger partial charge in [0.1, 0.15) is 5.60 Å². The topological polar surface area (TPSA) is 38.3 Å². The van der Waals surface area contributed by atoms with Gasteiger partial charge in [-0.15, -0.1) is 0 Å². The number of carbonyl (C=O) groups is 1. The minimum Gasteiger partial charge on any atom is -0.444 e. The number of ether oxygens (including phenoxy) is 1. The van der Waals surface area contributed by atoms with Crippen LogP contribution in [-0.4, -0.2) is 17.7 Å². The molecule has 0 radical (unpaired) electrons. The quantitative estimate of drug-likeness (QED) is 0.759. The Morgan fingerprint density at radius 3 is 2.35 bits per heavy atom. The van der Waals surface area contributed by atoms with Crippen molar-refractivity contribution >= 4 is 6.09 Å². The summed E-state index contributed by atoms with van der Waals surface area (Å²) in [6.45, 7) is 5.73. The summed E-state index contributed by atoms with van der Waals surface area (Å²) >= 11 is 0. The van der Waals surface area contributed by atoms with Crippen LogP contribution in [0.3, 0.4) is 0 Å². The van der Waals surface area contributed by atoms with Gasteiger partial charge in [-0.3, -0.25) is 0 Å². The van der Waals surface area contributed by atoms with E-state index in [4.69, 9.17) is 4.74 Å². The van der Waals surface area contributed by atoms with E-state index in [-0.39, 0.29) is 6.09 Å². The average molecular weight is 239 g/mol. The molecule has 0 aromatic carbocycles. The van der Waals surface area contributed by atoms with E-state index in [2.05, 4.69) is 5.32 Å². The number of hydrogen-bond donors (Lipinski definition) is 1. The van der Waals surface area contributed by atoms with E-state index in [9.17, 15) is 4.79 Å². The number of carbonyl (C=O) groups excluding carboxylic acids is 1. The molecule has 2 rings (SSSR count). The second-order valence-corrected chi connectivity index (χ2v) is 6.66. The third kappa shape index (κ3) is 2.93. The van der Waals surface area contributed by atoms with Gasteiger partial charge in [0.05, 0.1) is 0 Å². The van der Waals surface area contributed by atoms with Crippen molar-refractivity contribution in [3.63, 3.8) is 0 Å². The number of nitrogens with one attached hydrogen (secondary N) is 1. The highest BCUT2D eigenvalue weighted by Crippen LogP contribution is 2.50. The standard InChI is InChI=1S/C14H25NO2/c1-13(2,3)17-12(16)15-11-7-6-10-14(11)8-4-5-9-14/h11H,4-10H2,1-3H3,(H,15,16). The molecule has 98 valence electrons. The fraction of sp³-hybridized carbons (Fsp3) is 0.929. The maximum absolute atomic E-state index is 11.8. The Bertz CT molecular complexity index is 282. The van der Waals surface area contributed by atoms with E-state index >= 15 is 0 Å². The molecule has 2 aliphatic carbocycles. The molecule has 0 heterocycles. The monoisotopic (exact) mass is 239 g/mol. The summed E-state index contributed by atoms with van der Waals surface area (Å²) in [5, 5.41) is 3.11. The molecule has 3 nitrogen and oxygen atoms in total. The van der Waals surface area contributed by atoms with Crippen LogP contribution in [0.15, 0.2) is 0 Å². The van der Waals surface area contributed by atoms with Gasteiger partial charge in [-0.1, -0.05) is 19.3 Å². The second-order valence-electron chi connectivity index (χ2n) is 6.66. The number of hydrogen-bond acceptors (Lipinski definition) is 2. The Hall–Kier alpha value is -0.730. The Morgan fingerprint density at radius 1 is 1.18 bits per heavy atom. The lowest BCUT2D eigenvalue weighted by Crippen LogP contribution is -2.45. The molecule has 1 unspecified atom stereocenters. The minimum absolute atomic E-state index is 0.240. The van der Waals surface area contributed by atoms with E-state index < -0.39 is 5.60 Å². The summed E-state index contributed by atoms with van der Waals surface area (Å²) in [6, 6.07) is 0.347. The summed E-state index contributed by atoms with van der Waals surface area (Å²) in [5.74, 6) is 0. The highest BCUT2D eigenvalue weighted by atomic mass is 16.6. The van der Waals surface area contributed by atoms with Gasteiger partial charge in [0.15, 0.2) is 0 Å². The summed E-state index contributed by atoms with van der Waals surface area (Å²) in [5.41, 5.74) is 0.00241. The van der Waals surface area contributed by atoms with E-state index in [1.165, 1.54) is 38.5 Å². The molecular formula is C14H25NO2. The van der Waals surface area contributed by atoms with Gasteiger partial charge in [-0.05, 0) is 51.9 Å². The van der Waals surface area contributed by atoms with Gasteiger partial charge in [0, 0.05) is 6.04 Å². The van der Waals surface area contributed by atoms with Crippen LogP contribution in [0.5, 0.6) is 0 Å². The van der Waals surface area contributed by atoms with Crippen molar-refractivity contribution in [3.8, 4) is 0 Å². The molecule has 1 spiro atoms. The van der Waals surface area contributed by atoms with E-state index in [0.717, 1.165) is 6.42 Å². The molecule has 0 aromatic rings.